The summed E-state index contributed by atoms with van der Waals surface area (Å²) in [6.45, 7) is 7.60. The second-order valence-electron chi connectivity index (χ2n) is 7.40. The van der Waals surface area contributed by atoms with Gasteiger partial charge in [-0.25, -0.2) is 4.79 Å². The molecular weight excluding hydrogens is 320 g/mol. The van der Waals surface area contributed by atoms with E-state index in [2.05, 4.69) is 19.6 Å². The fourth-order valence-corrected chi connectivity index (χ4v) is 3.80. The van der Waals surface area contributed by atoms with Gasteiger partial charge in [0, 0.05) is 11.5 Å². The van der Waals surface area contributed by atoms with Crippen LogP contribution in [0.15, 0.2) is 35.5 Å². The number of hydrogen-bond acceptors (Lipinski definition) is 5. The van der Waals surface area contributed by atoms with Crippen molar-refractivity contribution in [3.05, 3.63) is 35.5 Å². The number of aliphatic hydroxyl groups excluding tert-OH is 1. The van der Waals surface area contributed by atoms with E-state index in [1.807, 2.05) is 6.08 Å². The van der Waals surface area contributed by atoms with Gasteiger partial charge in [-0.1, -0.05) is 24.3 Å². The number of epoxide rings is 1. The smallest absolute Gasteiger partial charge is 0.334 e. The number of aliphatic hydroxyl groups is 1. The van der Waals surface area contributed by atoms with Crippen LogP contribution in [0.4, 0.5) is 0 Å². The zero-order valence-corrected chi connectivity index (χ0v) is 14.9. The van der Waals surface area contributed by atoms with E-state index in [-0.39, 0.29) is 24.4 Å². The Morgan fingerprint density at radius 3 is 2.76 bits per heavy atom. The van der Waals surface area contributed by atoms with E-state index < -0.39 is 17.7 Å². The van der Waals surface area contributed by atoms with Crippen LogP contribution >= 0.6 is 0 Å². The molecule has 0 amide bonds. The van der Waals surface area contributed by atoms with Crippen LogP contribution in [0.1, 0.15) is 46.0 Å². The highest BCUT2D eigenvalue weighted by Gasteiger charge is 2.58. The lowest BCUT2D eigenvalue weighted by Crippen LogP contribution is -2.30. The minimum Gasteiger partial charge on any atom is -0.450 e. The highest BCUT2D eigenvalue weighted by molar-refractivity contribution is 6.04. The summed E-state index contributed by atoms with van der Waals surface area (Å²) in [5, 5.41) is 9.77. The second-order valence-corrected chi connectivity index (χ2v) is 7.40. The van der Waals surface area contributed by atoms with Crippen molar-refractivity contribution in [1.82, 2.24) is 0 Å². The van der Waals surface area contributed by atoms with Crippen LogP contribution in [0.3, 0.4) is 0 Å². The molecule has 0 saturated carbocycles. The lowest BCUT2D eigenvalue weighted by Gasteiger charge is -2.17. The molecule has 3 rings (SSSR count). The maximum atomic E-state index is 12.7. The van der Waals surface area contributed by atoms with Crippen molar-refractivity contribution < 1.29 is 24.2 Å². The first-order valence-corrected chi connectivity index (χ1v) is 8.93. The van der Waals surface area contributed by atoms with E-state index >= 15 is 0 Å². The minimum atomic E-state index is -0.823. The number of Topliss-reactive ketones (excluding diaryl/α,β-unsaturated/α-hetero) is 1. The number of allylic oxidation sites excluding steroid dienone is 3. The molecular formula is C20H26O5. The lowest BCUT2D eigenvalue weighted by atomic mass is 9.84. The van der Waals surface area contributed by atoms with Gasteiger partial charge in [0.2, 0.25) is 0 Å². The summed E-state index contributed by atoms with van der Waals surface area (Å²) in [6, 6.07) is 0. The van der Waals surface area contributed by atoms with Crippen molar-refractivity contribution in [3.8, 4) is 0 Å². The molecule has 25 heavy (non-hydrogen) atoms. The summed E-state index contributed by atoms with van der Waals surface area (Å²) in [7, 11) is 0. The second kappa shape index (κ2) is 6.89. The molecule has 136 valence electrons. The van der Waals surface area contributed by atoms with Crippen molar-refractivity contribution >= 4 is 11.8 Å². The number of carbonyl (C=O) groups is 2. The molecule has 0 unspecified atom stereocenters. The predicted octanol–water partition coefficient (Wildman–Crippen LogP) is 2.64. The molecule has 5 heteroatoms. The summed E-state index contributed by atoms with van der Waals surface area (Å²) < 4.78 is 11.1. The number of hydrogen-bond donors (Lipinski definition) is 1. The first-order valence-electron chi connectivity index (χ1n) is 8.93. The van der Waals surface area contributed by atoms with Gasteiger partial charge in [-0.2, -0.15) is 0 Å². The fraction of sp³-hybridized carbons (Fsp3) is 0.600. The normalized spacial score (nSPS) is 40.8. The van der Waals surface area contributed by atoms with Crippen molar-refractivity contribution in [2.24, 2.45) is 5.92 Å². The molecule has 3 aliphatic rings. The van der Waals surface area contributed by atoms with Crippen LogP contribution < -0.4 is 0 Å². The maximum Gasteiger partial charge on any atom is 0.334 e. The Kier molecular flexibility index (Phi) is 4.98. The first kappa shape index (κ1) is 18.1. The molecule has 4 atom stereocenters. The summed E-state index contributed by atoms with van der Waals surface area (Å²) in [4.78, 5) is 24.7. The Balaban J connectivity index is 1.87. The van der Waals surface area contributed by atoms with Gasteiger partial charge in [0.15, 0.2) is 11.9 Å². The Morgan fingerprint density at radius 2 is 2.04 bits per heavy atom. The molecule has 0 radical (unpaired) electrons. The van der Waals surface area contributed by atoms with Gasteiger partial charge in [0.05, 0.1) is 12.7 Å². The summed E-state index contributed by atoms with van der Waals surface area (Å²) >= 11 is 0. The lowest BCUT2D eigenvalue weighted by molar-refractivity contribution is -0.145. The van der Waals surface area contributed by atoms with Gasteiger partial charge in [-0.3, -0.25) is 4.79 Å². The molecule has 2 fully saturated rings. The van der Waals surface area contributed by atoms with E-state index in [4.69, 9.17) is 9.47 Å². The standard InChI is InChI=1S/C20H26O5/c1-12-6-4-8-13(2)17(22)18-15(14(3)19(23)24-18)10-16-20(11-21,25-16)9-5-7-12/h7-8,15-16,18,21H,3-6,9-11H2,1-2H3/b12-7+,13-8+/t15-,16-,18-,20+/m1/s1. The molecule has 1 N–H and O–H groups in total. The van der Waals surface area contributed by atoms with E-state index in [9.17, 15) is 14.7 Å². The quantitative estimate of drug-likeness (QED) is 0.342. The largest absolute Gasteiger partial charge is 0.450 e. The molecule has 0 spiro atoms. The highest BCUT2D eigenvalue weighted by atomic mass is 16.6. The predicted molar refractivity (Wildman–Crippen MR) is 92.8 cm³/mol. The van der Waals surface area contributed by atoms with Crippen LogP contribution in [0, 0.1) is 5.92 Å². The van der Waals surface area contributed by atoms with Gasteiger partial charge in [-0.05, 0) is 51.5 Å². The van der Waals surface area contributed by atoms with E-state index in [0.29, 0.717) is 17.6 Å². The third-order valence-corrected chi connectivity index (χ3v) is 5.65. The average Bonchev–Trinajstić information content (AvgIpc) is 3.20. The molecule has 2 heterocycles. The Hall–Kier alpha value is -1.72. The van der Waals surface area contributed by atoms with Gasteiger partial charge in [-0.15, -0.1) is 0 Å². The molecule has 0 bridgehead atoms. The molecule has 0 aromatic rings. The van der Waals surface area contributed by atoms with Crippen LogP contribution in [-0.4, -0.2) is 41.3 Å². The number of rotatable bonds is 1. The molecule has 1 aliphatic carbocycles. The fourth-order valence-electron chi connectivity index (χ4n) is 3.80. The van der Waals surface area contributed by atoms with Crippen LogP contribution in [0.25, 0.3) is 0 Å². The molecule has 0 aromatic heterocycles. The summed E-state index contributed by atoms with van der Waals surface area (Å²) in [6.07, 6.45) is 6.79. The van der Waals surface area contributed by atoms with Gasteiger partial charge in [0.25, 0.3) is 0 Å². The van der Waals surface area contributed by atoms with Crippen LogP contribution in [-0.2, 0) is 19.1 Å². The Labute approximate surface area is 148 Å². The Bertz CT molecular complexity index is 659. The van der Waals surface area contributed by atoms with E-state index in [1.165, 1.54) is 5.57 Å². The SMILES string of the molecule is C=C1C(=O)O[C@H]2C(=O)/C(C)=C/CC/C(C)=C/CC[C@@]3(CO)O[C@@H]3C[C@H]12. The zero-order valence-electron chi connectivity index (χ0n) is 14.9. The number of ether oxygens (including phenoxy) is 2. The Morgan fingerprint density at radius 1 is 1.28 bits per heavy atom. The van der Waals surface area contributed by atoms with Crippen molar-refractivity contribution in [2.45, 2.75) is 63.8 Å². The van der Waals surface area contributed by atoms with Crippen molar-refractivity contribution in [3.63, 3.8) is 0 Å². The van der Waals surface area contributed by atoms with Crippen LogP contribution in [0.5, 0.6) is 0 Å². The number of carbonyl (C=O) groups excluding carboxylic acids is 2. The van der Waals surface area contributed by atoms with E-state index in [0.717, 1.165) is 25.7 Å². The molecule has 0 aromatic carbocycles. The topological polar surface area (TPSA) is 76.1 Å². The summed E-state index contributed by atoms with van der Waals surface area (Å²) in [5.74, 6) is -1.05. The van der Waals surface area contributed by atoms with Crippen molar-refractivity contribution in [1.29, 1.82) is 0 Å². The minimum absolute atomic E-state index is 0.0594. The monoisotopic (exact) mass is 346 g/mol. The molecule has 2 saturated heterocycles. The van der Waals surface area contributed by atoms with Gasteiger partial charge < -0.3 is 14.6 Å². The van der Waals surface area contributed by atoms with Gasteiger partial charge >= 0.3 is 5.97 Å². The number of ketones is 1. The summed E-state index contributed by atoms with van der Waals surface area (Å²) in [5.41, 5.74) is 1.65. The maximum absolute atomic E-state index is 12.7. The third-order valence-electron chi connectivity index (χ3n) is 5.65. The average molecular weight is 346 g/mol. The zero-order chi connectivity index (χ0) is 18.2. The number of esters is 1. The molecule has 2 aliphatic heterocycles. The van der Waals surface area contributed by atoms with E-state index in [1.54, 1.807) is 6.92 Å². The van der Waals surface area contributed by atoms with Gasteiger partial charge in [0.1, 0.15) is 5.60 Å². The third kappa shape index (κ3) is 3.48. The first-order chi connectivity index (χ1) is 11.9. The number of fused-ring (bicyclic) bond motifs is 2. The highest BCUT2D eigenvalue weighted by Crippen LogP contribution is 2.47. The van der Waals surface area contributed by atoms with Crippen molar-refractivity contribution in [2.75, 3.05) is 6.61 Å². The van der Waals surface area contributed by atoms with Crippen LogP contribution in [0.2, 0.25) is 0 Å². The molecule has 5 nitrogen and oxygen atoms in total.